The van der Waals surface area contributed by atoms with Gasteiger partial charge in [0.15, 0.2) is 0 Å². The van der Waals surface area contributed by atoms with E-state index in [1.54, 1.807) is 18.3 Å². The first-order valence-electron chi connectivity index (χ1n) is 8.09. The predicted octanol–water partition coefficient (Wildman–Crippen LogP) is 3.77. The number of hydrogen-bond donors (Lipinski definition) is 0. The number of piperidine rings is 1. The van der Waals surface area contributed by atoms with Crippen LogP contribution < -0.4 is 0 Å². The van der Waals surface area contributed by atoms with E-state index in [2.05, 4.69) is 4.98 Å². The van der Waals surface area contributed by atoms with Gasteiger partial charge in [0.2, 0.25) is 5.91 Å². The molecule has 2 aromatic rings. The highest BCUT2D eigenvalue weighted by atomic mass is 19.3. The Kier molecular flexibility index (Phi) is 4.59. The Morgan fingerprint density at radius 1 is 1.43 bits per heavy atom. The first kappa shape index (κ1) is 15.9. The molecule has 23 heavy (non-hydrogen) atoms. The van der Waals surface area contributed by atoms with Crippen molar-refractivity contribution >= 4 is 16.9 Å². The van der Waals surface area contributed by atoms with Gasteiger partial charge in [-0.05, 0) is 44.4 Å². The number of aromatic nitrogens is 2. The largest absolute Gasteiger partial charge is 0.340 e. The van der Waals surface area contributed by atoms with E-state index < -0.39 is 6.43 Å². The fourth-order valence-corrected chi connectivity index (χ4v) is 3.34. The van der Waals surface area contributed by atoms with Crippen LogP contribution in [0.2, 0.25) is 0 Å². The molecule has 0 N–H and O–H groups in total. The minimum atomic E-state index is -2.58. The van der Waals surface area contributed by atoms with E-state index in [0.29, 0.717) is 11.0 Å². The lowest BCUT2D eigenvalue weighted by atomic mass is 10.0. The lowest BCUT2D eigenvalue weighted by molar-refractivity contribution is -0.134. The van der Waals surface area contributed by atoms with Crippen LogP contribution >= 0.6 is 0 Å². The van der Waals surface area contributed by atoms with Crippen molar-refractivity contribution < 1.29 is 13.6 Å². The molecule has 1 unspecified atom stereocenters. The first-order valence-corrected chi connectivity index (χ1v) is 8.09. The Labute approximate surface area is 134 Å². The Bertz CT molecular complexity index is 698. The third kappa shape index (κ3) is 3.21. The van der Waals surface area contributed by atoms with Crippen LogP contribution in [0.3, 0.4) is 0 Å². The summed E-state index contributed by atoms with van der Waals surface area (Å²) in [5.74, 6) is 0.0372. The standard InChI is InChI=1S/C17H21F2N3O/c1-12-5-2-3-9-21(12)15(23)7-10-22-14(16(18)19)11-13-6-4-8-20-17(13)22/h4,6,8,11-12,16H,2-3,5,7,9-10H2,1H3. The van der Waals surface area contributed by atoms with Crippen molar-refractivity contribution in [1.82, 2.24) is 14.5 Å². The average Bonchev–Trinajstić information content (AvgIpc) is 2.92. The molecule has 0 aliphatic carbocycles. The van der Waals surface area contributed by atoms with Crippen LogP contribution in [-0.4, -0.2) is 32.9 Å². The average molecular weight is 321 g/mol. The summed E-state index contributed by atoms with van der Waals surface area (Å²) in [6, 6.07) is 5.19. The van der Waals surface area contributed by atoms with Gasteiger partial charge >= 0.3 is 0 Å². The van der Waals surface area contributed by atoms with Gasteiger partial charge in [0.05, 0.1) is 5.69 Å². The molecule has 3 heterocycles. The predicted molar refractivity (Wildman–Crippen MR) is 84.3 cm³/mol. The van der Waals surface area contributed by atoms with Crippen molar-refractivity contribution in [1.29, 1.82) is 0 Å². The van der Waals surface area contributed by atoms with Crippen molar-refractivity contribution in [2.75, 3.05) is 6.54 Å². The quantitative estimate of drug-likeness (QED) is 0.860. The minimum absolute atomic E-state index is 0.0372. The monoisotopic (exact) mass is 321 g/mol. The van der Waals surface area contributed by atoms with Gasteiger partial charge in [0.1, 0.15) is 5.65 Å². The second-order valence-electron chi connectivity index (χ2n) is 6.12. The molecule has 0 bridgehead atoms. The van der Waals surface area contributed by atoms with Crippen LogP contribution in [-0.2, 0) is 11.3 Å². The van der Waals surface area contributed by atoms with E-state index in [-0.39, 0.29) is 30.6 Å². The summed E-state index contributed by atoms with van der Waals surface area (Å²) in [7, 11) is 0. The Morgan fingerprint density at radius 2 is 2.26 bits per heavy atom. The van der Waals surface area contributed by atoms with Crippen LogP contribution in [0.15, 0.2) is 24.4 Å². The van der Waals surface area contributed by atoms with Crippen molar-refractivity contribution in [2.45, 2.75) is 51.6 Å². The molecule has 1 amide bonds. The Balaban J connectivity index is 1.78. The number of amides is 1. The number of carbonyl (C=O) groups excluding carboxylic acids is 1. The summed E-state index contributed by atoms with van der Waals surface area (Å²) < 4.78 is 28.0. The van der Waals surface area contributed by atoms with Crippen LogP contribution in [0, 0.1) is 0 Å². The van der Waals surface area contributed by atoms with Crippen LogP contribution in [0.4, 0.5) is 8.78 Å². The molecule has 3 rings (SSSR count). The van der Waals surface area contributed by atoms with Crippen molar-refractivity contribution in [3.05, 3.63) is 30.1 Å². The smallest absolute Gasteiger partial charge is 0.278 e. The maximum absolute atomic E-state index is 13.3. The number of pyridine rings is 1. The maximum atomic E-state index is 13.3. The van der Waals surface area contributed by atoms with Crippen molar-refractivity contribution in [2.24, 2.45) is 0 Å². The fraction of sp³-hybridized carbons (Fsp3) is 0.529. The Morgan fingerprint density at radius 3 is 3.00 bits per heavy atom. The summed E-state index contributed by atoms with van der Waals surface area (Å²) in [5.41, 5.74) is 0.445. The number of carbonyl (C=O) groups is 1. The van der Waals surface area contributed by atoms with E-state index in [1.807, 2.05) is 11.8 Å². The second-order valence-corrected chi connectivity index (χ2v) is 6.12. The molecular weight excluding hydrogens is 300 g/mol. The zero-order valence-corrected chi connectivity index (χ0v) is 13.2. The van der Waals surface area contributed by atoms with Gasteiger partial charge in [-0.15, -0.1) is 0 Å². The van der Waals surface area contributed by atoms with Crippen LogP contribution in [0.5, 0.6) is 0 Å². The third-order valence-electron chi connectivity index (χ3n) is 4.58. The number of nitrogens with zero attached hydrogens (tertiary/aromatic N) is 3. The Hall–Kier alpha value is -1.98. The fourth-order valence-electron chi connectivity index (χ4n) is 3.34. The summed E-state index contributed by atoms with van der Waals surface area (Å²) in [6.45, 7) is 3.06. The molecular formula is C17H21F2N3O. The number of hydrogen-bond acceptors (Lipinski definition) is 2. The van der Waals surface area contributed by atoms with Gasteiger partial charge in [0.25, 0.3) is 6.43 Å². The van der Waals surface area contributed by atoms with Gasteiger partial charge in [-0.2, -0.15) is 0 Å². The van der Waals surface area contributed by atoms with E-state index in [9.17, 15) is 13.6 Å². The summed E-state index contributed by atoms with van der Waals surface area (Å²) in [4.78, 5) is 18.5. The van der Waals surface area contributed by atoms with Gasteiger partial charge in [-0.25, -0.2) is 13.8 Å². The first-order chi connectivity index (χ1) is 11.1. The molecule has 6 heteroatoms. The zero-order valence-electron chi connectivity index (χ0n) is 13.2. The molecule has 1 atom stereocenters. The van der Waals surface area contributed by atoms with Gasteiger partial charge in [-0.1, -0.05) is 0 Å². The number of alkyl halides is 2. The van der Waals surface area contributed by atoms with Gasteiger partial charge in [0, 0.05) is 37.1 Å². The molecule has 1 aliphatic heterocycles. The molecule has 4 nitrogen and oxygen atoms in total. The molecule has 1 fully saturated rings. The maximum Gasteiger partial charge on any atom is 0.278 e. The molecule has 124 valence electrons. The summed E-state index contributed by atoms with van der Waals surface area (Å²) in [5, 5.41) is 0.682. The number of halogens is 2. The van der Waals surface area contributed by atoms with Gasteiger partial charge < -0.3 is 9.47 Å². The molecule has 0 aromatic carbocycles. The van der Waals surface area contributed by atoms with Crippen LogP contribution in [0.1, 0.15) is 44.7 Å². The highest BCUT2D eigenvalue weighted by Gasteiger charge is 2.24. The highest BCUT2D eigenvalue weighted by molar-refractivity contribution is 5.79. The lowest BCUT2D eigenvalue weighted by Crippen LogP contribution is -2.42. The van der Waals surface area contributed by atoms with E-state index >= 15 is 0 Å². The highest BCUT2D eigenvalue weighted by Crippen LogP contribution is 2.27. The molecule has 0 saturated carbocycles. The summed E-state index contributed by atoms with van der Waals surface area (Å²) in [6.07, 6.45) is 2.42. The number of aryl methyl sites for hydroxylation is 1. The van der Waals surface area contributed by atoms with Crippen molar-refractivity contribution in [3.8, 4) is 0 Å². The van der Waals surface area contributed by atoms with E-state index in [1.165, 1.54) is 10.6 Å². The minimum Gasteiger partial charge on any atom is -0.340 e. The van der Waals surface area contributed by atoms with E-state index in [0.717, 1.165) is 25.8 Å². The molecule has 1 aliphatic rings. The van der Waals surface area contributed by atoms with E-state index in [4.69, 9.17) is 0 Å². The molecule has 1 saturated heterocycles. The van der Waals surface area contributed by atoms with Crippen molar-refractivity contribution in [3.63, 3.8) is 0 Å². The summed E-state index contributed by atoms with van der Waals surface area (Å²) >= 11 is 0. The lowest BCUT2D eigenvalue weighted by Gasteiger charge is -2.33. The molecule has 0 spiro atoms. The van der Waals surface area contributed by atoms with Crippen LogP contribution in [0.25, 0.3) is 11.0 Å². The third-order valence-corrected chi connectivity index (χ3v) is 4.58. The number of rotatable bonds is 4. The second kappa shape index (κ2) is 6.64. The SMILES string of the molecule is CC1CCCCN1C(=O)CCn1c(C(F)F)cc2cccnc21. The molecule has 0 radical (unpaired) electrons. The molecule has 2 aromatic heterocycles. The van der Waals surface area contributed by atoms with Gasteiger partial charge in [-0.3, -0.25) is 4.79 Å². The zero-order chi connectivity index (χ0) is 16.4. The topological polar surface area (TPSA) is 38.1 Å². The normalized spacial score (nSPS) is 18.8. The number of likely N-dealkylation sites (tertiary alicyclic amines) is 1. The number of fused-ring (bicyclic) bond motifs is 1.